The van der Waals surface area contributed by atoms with E-state index in [2.05, 4.69) is 27.7 Å². The van der Waals surface area contributed by atoms with Gasteiger partial charge < -0.3 is 0 Å². The predicted molar refractivity (Wildman–Crippen MR) is 171 cm³/mol. The Balaban J connectivity index is 3.57. The van der Waals surface area contributed by atoms with Crippen LogP contribution in [0, 0.1) is 0 Å². The van der Waals surface area contributed by atoms with Crippen LogP contribution < -0.4 is 0 Å². The van der Waals surface area contributed by atoms with Crippen molar-refractivity contribution in [1.82, 2.24) is 0 Å². The van der Waals surface area contributed by atoms with Crippen LogP contribution >= 0.6 is 7.26 Å². The van der Waals surface area contributed by atoms with Gasteiger partial charge in [0.25, 0.3) is 0 Å². The molecule has 0 amide bonds. The van der Waals surface area contributed by atoms with Gasteiger partial charge in [-0.05, 0) is 0 Å². The van der Waals surface area contributed by atoms with Gasteiger partial charge in [-0.3, -0.25) is 0 Å². The fraction of sp³-hybridized carbons (Fsp3) is 1.00. The molecule has 0 heterocycles. The number of hydrogen-bond donors (Lipinski definition) is 0. The van der Waals surface area contributed by atoms with E-state index in [1.54, 1.807) is 31.1 Å². The SMILES string of the molecule is CCCCCCCCCCCCCCCCCCCCCC[PH](CCCC)(CCCC)CCCC. The second-order valence-electron chi connectivity index (χ2n) is 12.3. The van der Waals surface area contributed by atoms with Crippen molar-refractivity contribution >= 4 is 7.26 Å². The Kier molecular flexibility index (Phi) is 29.3. The summed E-state index contributed by atoms with van der Waals surface area (Å²) in [6, 6.07) is 0. The molecule has 0 bridgehead atoms. The molecule has 0 aromatic carbocycles. The molecule has 0 aliphatic heterocycles. The van der Waals surface area contributed by atoms with Crippen LogP contribution in [0.4, 0.5) is 0 Å². The van der Waals surface area contributed by atoms with Crippen molar-refractivity contribution in [3.63, 3.8) is 0 Å². The minimum absolute atomic E-state index is 0.972. The summed E-state index contributed by atoms with van der Waals surface area (Å²) >= 11 is 0. The van der Waals surface area contributed by atoms with Crippen molar-refractivity contribution in [3.8, 4) is 0 Å². The Morgan fingerprint density at radius 3 is 0.686 bits per heavy atom. The normalized spacial score (nSPS) is 12.5. The van der Waals surface area contributed by atoms with Gasteiger partial charge in [0.05, 0.1) is 0 Å². The predicted octanol–water partition coefficient (Wildman–Crippen LogP) is 13.0. The minimum atomic E-state index is -0.972. The first-order chi connectivity index (χ1) is 17.2. The molecule has 1 heteroatoms. The summed E-state index contributed by atoms with van der Waals surface area (Å²) in [5.41, 5.74) is 0. The molecule has 0 atom stereocenters. The van der Waals surface area contributed by atoms with Gasteiger partial charge in [-0.15, -0.1) is 0 Å². The van der Waals surface area contributed by atoms with Gasteiger partial charge in [0.1, 0.15) is 0 Å². The molecule has 0 spiro atoms. The number of hydrogen-bond acceptors (Lipinski definition) is 0. The Labute approximate surface area is 226 Å². The third-order valence-corrected chi connectivity index (χ3v) is 14.4. The molecule has 0 nitrogen and oxygen atoms in total. The third-order valence-electron chi connectivity index (χ3n) is 8.74. The van der Waals surface area contributed by atoms with Gasteiger partial charge >= 0.3 is 162 Å². The number of rotatable bonds is 30. The standard InChI is InChI=1S/C34H73P/c1-5-9-13-14-15-16-17-18-19-20-21-22-23-24-25-26-27-28-29-30-34-35(31-10-6-2,32-11-7-3)33-12-8-4/h35H,5-34H2,1-4H3. The van der Waals surface area contributed by atoms with Crippen LogP contribution in [0.15, 0.2) is 0 Å². The van der Waals surface area contributed by atoms with E-state index in [9.17, 15) is 0 Å². The molecule has 0 aliphatic carbocycles. The van der Waals surface area contributed by atoms with E-state index in [-0.39, 0.29) is 0 Å². The fourth-order valence-electron chi connectivity index (χ4n) is 6.16. The van der Waals surface area contributed by atoms with Crippen LogP contribution in [0.1, 0.15) is 195 Å². The molecule has 0 rings (SSSR count). The second kappa shape index (κ2) is 29.0. The first-order valence-corrected chi connectivity index (χ1v) is 20.1. The van der Waals surface area contributed by atoms with E-state index in [1.165, 1.54) is 161 Å². The van der Waals surface area contributed by atoms with Crippen LogP contribution in [0.2, 0.25) is 0 Å². The van der Waals surface area contributed by atoms with E-state index in [0.717, 1.165) is 0 Å². The van der Waals surface area contributed by atoms with Crippen molar-refractivity contribution in [2.75, 3.05) is 24.6 Å². The summed E-state index contributed by atoms with van der Waals surface area (Å²) in [6.45, 7) is 9.51. The molecule has 0 aromatic heterocycles. The summed E-state index contributed by atoms with van der Waals surface area (Å²) in [5.74, 6) is 0. The Morgan fingerprint density at radius 2 is 0.429 bits per heavy atom. The molecular formula is C34H73P. The zero-order valence-electron chi connectivity index (χ0n) is 25.7. The van der Waals surface area contributed by atoms with Gasteiger partial charge in [-0.25, -0.2) is 0 Å². The van der Waals surface area contributed by atoms with Crippen molar-refractivity contribution in [3.05, 3.63) is 0 Å². The first kappa shape index (κ1) is 35.4. The van der Waals surface area contributed by atoms with E-state index in [4.69, 9.17) is 0 Å². The van der Waals surface area contributed by atoms with Crippen molar-refractivity contribution in [1.29, 1.82) is 0 Å². The average molecular weight is 513 g/mol. The van der Waals surface area contributed by atoms with Crippen LogP contribution in [-0.2, 0) is 0 Å². The summed E-state index contributed by atoms with van der Waals surface area (Å²) in [7, 11) is -0.972. The molecule has 214 valence electrons. The van der Waals surface area contributed by atoms with Gasteiger partial charge in [-0.1, -0.05) is 64.7 Å². The van der Waals surface area contributed by atoms with E-state index >= 15 is 0 Å². The van der Waals surface area contributed by atoms with Crippen molar-refractivity contribution in [2.45, 2.75) is 195 Å². The average Bonchev–Trinajstić information content (AvgIpc) is 2.88. The molecule has 0 aliphatic rings. The Morgan fingerprint density at radius 1 is 0.229 bits per heavy atom. The molecule has 0 saturated heterocycles. The summed E-state index contributed by atoms with van der Waals surface area (Å²) < 4.78 is 0. The van der Waals surface area contributed by atoms with Gasteiger partial charge in [-0.2, -0.15) is 0 Å². The molecule has 0 fully saturated rings. The quantitative estimate of drug-likeness (QED) is 0.0663. The zero-order chi connectivity index (χ0) is 25.7. The van der Waals surface area contributed by atoms with Crippen molar-refractivity contribution in [2.24, 2.45) is 0 Å². The van der Waals surface area contributed by atoms with Crippen LogP contribution in [0.5, 0.6) is 0 Å². The maximum atomic E-state index is 2.40. The van der Waals surface area contributed by atoms with Gasteiger partial charge in [0.2, 0.25) is 0 Å². The van der Waals surface area contributed by atoms with Gasteiger partial charge in [0, 0.05) is 0 Å². The first-order valence-electron chi connectivity index (χ1n) is 17.2. The van der Waals surface area contributed by atoms with E-state index in [1.807, 2.05) is 0 Å². The van der Waals surface area contributed by atoms with E-state index < -0.39 is 7.26 Å². The molecule has 35 heavy (non-hydrogen) atoms. The second-order valence-corrected chi connectivity index (χ2v) is 17.3. The molecule has 0 N–H and O–H groups in total. The van der Waals surface area contributed by atoms with Gasteiger partial charge in [0.15, 0.2) is 0 Å². The summed E-state index contributed by atoms with van der Waals surface area (Å²) in [5, 5.41) is 0. The summed E-state index contributed by atoms with van der Waals surface area (Å²) in [6.07, 6.45) is 45.2. The Bertz CT molecular complexity index is 355. The topological polar surface area (TPSA) is 0 Å². The monoisotopic (exact) mass is 513 g/mol. The third kappa shape index (κ3) is 24.5. The zero-order valence-corrected chi connectivity index (χ0v) is 26.7. The number of unbranched alkanes of at least 4 members (excludes halogenated alkanes) is 22. The van der Waals surface area contributed by atoms with Crippen LogP contribution in [0.3, 0.4) is 0 Å². The van der Waals surface area contributed by atoms with Crippen LogP contribution in [0.25, 0.3) is 0 Å². The van der Waals surface area contributed by atoms with E-state index in [0.29, 0.717) is 0 Å². The fourth-order valence-corrected chi connectivity index (χ4v) is 12.0. The molecule has 0 radical (unpaired) electrons. The maximum absolute atomic E-state index is 2.40. The molecular weight excluding hydrogens is 439 g/mol. The summed E-state index contributed by atoms with van der Waals surface area (Å²) in [4.78, 5) is 0. The molecule has 0 aromatic rings. The molecule has 0 unspecified atom stereocenters. The van der Waals surface area contributed by atoms with Crippen LogP contribution in [-0.4, -0.2) is 24.6 Å². The Hall–Kier alpha value is 0.430. The molecule has 0 saturated carbocycles. The van der Waals surface area contributed by atoms with Crippen molar-refractivity contribution < 1.29 is 0 Å².